The molecule has 0 radical (unpaired) electrons. The largest absolute Gasteiger partial charge is 0.462 e. The number of rotatable bonds is 38. The summed E-state index contributed by atoms with van der Waals surface area (Å²) in [4.78, 5) is 25.7. The molecule has 50 heavy (non-hydrogen) atoms. The Morgan fingerprint density at radius 2 is 1.02 bits per heavy atom. The standard InChI is InChI=1S/C44H83NO5/c1-4-7-10-13-16-18-20-21-23-25-28-31-34-37-44(49)50-40(35-32-29-26-15-12-9-6-3)38-43(48)45-41(39-46)42(47)36-33-30-27-24-22-19-17-14-11-8-5-2/h21,23,28,31,40-42,46-47H,4-20,22,24-27,29-30,32-39H2,1-3H3,(H,45,48)/b23-21-,31-28+. The molecule has 1 amide bonds. The molecule has 0 aliphatic rings. The summed E-state index contributed by atoms with van der Waals surface area (Å²) in [6.07, 6.45) is 41.1. The molecule has 0 spiro atoms. The number of amides is 1. The number of aliphatic hydroxyl groups is 2. The number of aliphatic hydroxyl groups excluding tert-OH is 2. The molecule has 6 nitrogen and oxygen atoms in total. The van der Waals surface area contributed by atoms with E-state index in [1.807, 2.05) is 6.08 Å². The van der Waals surface area contributed by atoms with E-state index in [0.29, 0.717) is 25.7 Å². The maximum atomic E-state index is 13.0. The molecule has 0 aromatic rings. The van der Waals surface area contributed by atoms with Crippen molar-refractivity contribution in [2.45, 2.75) is 238 Å². The number of carbonyl (C=O) groups excluding carboxylic acids is 2. The Bertz CT molecular complexity index is 797. The summed E-state index contributed by atoms with van der Waals surface area (Å²) in [6.45, 7) is 6.40. The minimum absolute atomic E-state index is 0.0580. The number of ether oxygens (including phenoxy) is 1. The van der Waals surface area contributed by atoms with E-state index in [9.17, 15) is 19.8 Å². The quantitative estimate of drug-likeness (QED) is 0.0337. The Morgan fingerprint density at radius 3 is 1.52 bits per heavy atom. The van der Waals surface area contributed by atoms with Crippen LogP contribution in [0.25, 0.3) is 0 Å². The first-order valence-corrected chi connectivity index (χ1v) is 21.6. The van der Waals surface area contributed by atoms with E-state index < -0.39 is 18.2 Å². The lowest BCUT2D eigenvalue weighted by Gasteiger charge is -2.24. The molecule has 294 valence electrons. The fraction of sp³-hybridized carbons (Fsp3) is 0.864. The van der Waals surface area contributed by atoms with Crippen molar-refractivity contribution in [3.05, 3.63) is 24.3 Å². The van der Waals surface area contributed by atoms with Crippen molar-refractivity contribution in [2.75, 3.05) is 6.61 Å². The Balaban J connectivity index is 4.54. The number of allylic oxidation sites excluding steroid dienone is 4. The minimum atomic E-state index is -0.788. The van der Waals surface area contributed by atoms with Crippen LogP contribution >= 0.6 is 0 Å². The van der Waals surface area contributed by atoms with Gasteiger partial charge in [0.05, 0.1) is 25.2 Å². The van der Waals surface area contributed by atoms with Crippen LogP contribution in [0.2, 0.25) is 0 Å². The van der Waals surface area contributed by atoms with Crippen molar-refractivity contribution >= 4 is 11.9 Å². The molecular formula is C44H83NO5. The molecule has 0 rings (SSSR count). The Kier molecular flexibility index (Phi) is 37.3. The van der Waals surface area contributed by atoms with Gasteiger partial charge in [-0.05, 0) is 44.9 Å². The summed E-state index contributed by atoms with van der Waals surface area (Å²) in [5.74, 6) is -0.556. The van der Waals surface area contributed by atoms with Gasteiger partial charge in [-0.15, -0.1) is 0 Å². The summed E-state index contributed by atoms with van der Waals surface area (Å²) < 4.78 is 5.82. The van der Waals surface area contributed by atoms with Crippen LogP contribution in [0, 0.1) is 0 Å². The molecule has 3 unspecified atom stereocenters. The van der Waals surface area contributed by atoms with Gasteiger partial charge in [-0.2, -0.15) is 0 Å². The molecule has 3 atom stereocenters. The Labute approximate surface area is 310 Å². The van der Waals surface area contributed by atoms with Crippen molar-refractivity contribution in [1.29, 1.82) is 0 Å². The first-order chi connectivity index (χ1) is 24.5. The van der Waals surface area contributed by atoms with E-state index in [1.54, 1.807) is 0 Å². The van der Waals surface area contributed by atoms with Crippen LogP contribution in [0.1, 0.15) is 220 Å². The van der Waals surface area contributed by atoms with Gasteiger partial charge in [0.25, 0.3) is 0 Å². The zero-order valence-corrected chi connectivity index (χ0v) is 33.3. The van der Waals surface area contributed by atoms with E-state index in [1.165, 1.54) is 116 Å². The minimum Gasteiger partial charge on any atom is -0.462 e. The summed E-state index contributed by atoms with van der Waals surface area (Å²) in [5.41, 5.74) is 0. The lowest BCUT2D eigenvalue weighted by atomic mass is 10.0. The van der Waals surface area contributed by atoms with E-state index in [4.69, 9.17) is 4.74 Å². The molecule has 0 saturated heterocycles. The van der Waals surface area contributed by atoms with Gasteiger partial charge in [0.1, 0.15) is 6.10 Å². The molecule has 0 aromatic carbocycles. The first kappa shape index (κ1) is 48.3. The van der Waals surface area contributed by atoms with Crippen LogP contribution in [0.5, 0.6) is 0 Å². The number of unbranched alkanes of at least 4 members (excludes halogenated alkanes) is 22. The van der Waals surface area contributed by atoms with Crippen molar-refractivity contribution in [3.63, 3.8) is 0 Å². The van der Waals surface area contributed by atoms with Crippen molar-refractivity contribution < 1.29 is 24.5 Å². The van der Waals surface area contributed by atoms with Crippen LogP contribution in [-0.4, -0.2) is 46.9 Å². The molecular weight excluding hydrogens is 622 g/mol. The molecule has 3 N–H and O–H groups in total. The average molecular weight is 706 g/mol. The summed E-state index contributed by atoms with van der Waals surface area (Å²) in [5, 5.41) is 23.5. The second-order valence-electron chi connectivity index (χ2n) is 14.7. The zero-order valence-electron chi connectivity index (χ0n) is 33.3. The van der Waals surface area contributed by atoms with Crippen LogP contribution in [-0.2, 0) is 14.3 Å². The van der Waals surface area contributed by atoms with Crippen LogP contribution < -0.4 is 5.32 Å². The second-order valence-corrected chi connectivity index (χ2v) is 14.7. The number of nitrogens with one attached hydrogen (secondary N) is 1. The maximum absolute atomic E-state index is 13.0. The molecule has 0 aromatic heterocycles. The van der Waals surface area contributed by atoms with Crippen LogP contribution in [0.3, 0.4) is 0 Å². The predicted octanol–water partition coefficient (Wildman–Crippen LogP) is 12.0. The third-order valence-electron chi connectivity index (χ3n) is 9.80. The number of hydrogen-bond donors (Lipinski definition) is 3. The van der Waals surface area contributed by atoms with Crippen LogP contribution in [0.4, 0.5) is 0 Å². The van der Waals surface area contributed by atoms with Crippen molar-refractivity contribution in [2.24, 2.45) is 0 Å². The lowest BCUT2D eigenvalue weighted by Crippen LogP contribution is -2.46. The molecule has 0 saturated carbocycles. The van der Waals surface area contributed by atoms with E-state index >= 15 is 0 Å². The Morgan fingerprint density at radius 1 is 0.580 bits per heavy atom. The fourth-order valence-electron chi connectivity index (χ4n) is 6.48. The monoisotopic (exact) mass is 706 g/mol. The molecule has 0 bridgehead atoms. The summed E-state index contributed by atoms with van der Waals surface area (Å²) in [6, 6.07) is -0.703. The van der Waals surface area contributed by atoms with E-state index in [-0.39, 0.29) is 24.9 Å². The highest BCUT2D eigenvalue weighted by atomic mass is 16.5. The highest BCUT2D eigenvalue weighted by molar-refractivity contribution is 5.77. The number of carbonyl (C=O) groups is 2. The molecule has 6 heteroatoms. The van der Waals surface area contributed by atoms with Gasteiger partial charge < -0.3 is 20.3 Å². The molecule has 0 heterocycles. The predicted molar refractivity (Wildman–Crippen MR) is 213 cm³/mol. The summed E-state index contributed by atoms with van der Waals surface area (Å²) >= 11 is 0. The number of esters is 1. The highest BCUT2D eigenvalue weighted by Gasteiger charge is 2.24. The Hall–Kier alpha value is -1.66. The maximum Gasteiger partial charge on any atom is 0.306 e. The van der Waals surface area contributed by atoms with Crippen molar-refractivity contribution in [3.8, 4) is 0 Å². The lowest BCUT2D eigenvalue weighted by molar-refractivity contribution is -0.150. The molecule has 0 aliphatic carbocycles. The van der Waals surface area contributed by atoms with Crippen LogP contribution in [0.15, 0.2) is 24.3 Å². The van der Waals surface area contributed by atoms with Gasteiger partial charge in [-0.1, -0.05) is 186 Å². The average Bonchev–Trinajstić information content (AvgIpc) is 3.10. The fourth-order valence-corrected chi connectivity index (χ4v) is 6.48. The van der Waals surface area contributed by atoms with Crippen molar-refractivity contribution in [1.82, 2.24) is 5.32 Å². The zero-order chi connectivity index (χ0) is 36.8. The van der Waals surface area contributed by atoms with E-state index in [0.717, 1.165) is 51.4 Å². The number of hydrogen-bond acceptors (Lipinski definition) is 5. The third-order valence-corrected chi connectivity index (χ3v) is 9.80. The highest BCUT2D eigenvalue weighted by Crippen LogP contribution is 2.17. The van der Waals surface area contributed by atoms with Gasteiger partial charge in [0, 0.05) is 6.42 Å². The van der Waals surface area contributed by atoms with Gasteiger partial charge in [0.15, 0.2) is 0 Å². The van der Waals surface area contributed by atoms with E-state index in [2.05, 4.69) is 44.3 Å². The van der Waals surface area contributed by atoms with Gasteiger partial charge >= 0.3 is 5.97 Å². The topological polar surface area (TPSA) is 95.9 Å². The van der Waals surface area contributed by atoms with Gasteiger partial charge in [0.2, 0.25) is 5.91 Å². The van der Waals surface area contributed by atoms with Gasteiger partial charge in [-0.25, -0.2) is 0 Å². The molecule has 0 fully saturated rings. The van der Waals surface area contributed by atoms with Gasteiger partial charge in [-0.3, -0.25) is 9.59 Å². The first-order valence-electron chi connectivity index (χ1n) is 21.6. The normalized spacial score (nSPS) is 13.6. The molecule has 0 aliphatic heterocycles. The SMILES string of the molecule is CCCCCCCC/C=C\C/C=C/CCC(=O)OC(CCCCCCCCC)CC(=O)NC(CO)C(O)CCCCCCCCCCCCC. The summed E-state index contributed by atoms with van der Waals surface area (Å²) in [7, 11) is 0. The third kappa shape index (κ3) is 33.5. The second kappa shape index (κ2) is 38.6. The smallest absolute Gasteiger partial charge is 0.306 e.